The van der Waals surface area contributed by atoms with Gasteiger partial charge in [-0.25, -0.2) is 13.4 Å². The van der Waals surface area contributed by atoms with E-state index in [1.807, 2.05) is 4.57 Å². The van der Waals surface area contributed by atoms with Gasteiger partial charge in [-0.1, -0.05) is 13.8 Å². The second-order valence-corrected chi connectivity index (χ2v) is 8.72. The number of hydrogen-bond donors (Lipinski definition) is 0. The fourth-order valence-electron chi connectivity index (χ4n) is 3.21. The van der Waals surface area contributed by atoms with Crippen molar-refractivity contribution in [3.05, 3.63) is 11.9 Å². The molecule has 1 aliphatic rings. The Hall–Kier alpha value is -0.960. The van der Waals surface area contributed by atoms with Crippen molar-refractivity contribution >= 4 is 9.84 Å². The molecule has 1 fully saturated rings. The summed E-state index contributed by atoms with van der Waals surface area (Å²) in [6, 6.07) is 0. The topological polar surface area (TPSA) is 67.7 Å². The van der Waals surface area contributed by atoms with Crippen LogP contribution in [0, 0.1) is 0 Å². The van der Waals surface area contributed by atoms with Crippen LogP contribution in [-0.2, 0) is 27.7 Å². The van der Waals surface area contributed by atoms with Gasteiger partial charge in [-0.15, -0.1) is 0 Å². The molecule has 25 heavy (non-hydrogen) atoms. The van der Waals surface area contributed by atoms with Gasteiger partial charge in [-0.3, -0.25) is 4.90 Å². The first-order valence-electron chi connectivity index (χ1n) is 9.12. The Morgan fingerprint density at radius 1 is 1.32 bits per heavy atom. The van der Waals surface area contributed by atoms with E-state index < -0.39 is 9.84 Å². The number of aromatic nitrogens is 2. The Balaban J connectivity index is 2.09. The van der Waals surface area contributed by atoms with Gasteiger partial charge in [0.2, 0.25) is 15.0 Å². The lowest BCUT2D eigenvalue weighted by molar-refractivity contribution is 0.0934. The van der Waals surface area contributed by atoms with Crippen LogP contribution in [0.15, 0.2) is 11.4 Å². The van der Waals surface area contributed by atoms with E-state index >= 15 is 0 Å². The summed E-state index contributed by atoms with van der Waals surface area (Å²) in [5, 5.41) is 0.148. The maximum atomic E-state index is 12.1. The molecule has 1 aromatic heterocycles. The van der Waals surface area contributed by atoms with Gasteiger partial charge < -0.3 is 14.2 Å². The van der Waals surface area contributed by atoms with Crippen LogP contribution >= 0.6 is 0 Å². The third-order valence-corrected chi connectivity index (χ3v) is 5.76. The maximum Gasteiger partial charge on any atom is 0.227 e. The molecule has 144 valence electrons. The Morgan fingerprint density at radius 2 is 2.04 bits per heavy atom. The maximum absolute atomic E-state index is 12.1. The number of sulfone groups is 1. The van der Waals surface area contributed by atoms with Crippen LogP contribution in [0.1, 0.15) is 32.4 Å². The van der Waals surface area contributed by atoms with Gasteiger partial charge in [-0.05, 0) is 33.0 Å². The summed E-state index contributed by atoms with van der Waals surface area (Å²) in [7, 11) is -1.29. The molecule has 1 aromatic rings. The molecule has 0 aliphatic carbocycles. The molecule has 1 aliphatic heterocycles. The summed E-state index contributed by atoms with van der Waals surface area (Å²) in [4.78, 5) is 8.79. The van der Waals surface area contributed by atoms with Gasteiger partial charge in [0.15, 0.2) is 0 Å². The zero-order valence-corrected chi connectivity index (χ0v) is 16.8. The highest BCUT2D eigenvalue weighted by Crippen LogP contribution is 2.19. The van der Waals surface area contributed by atoms with Gasteiger partial charge >= 0.3 is 0 Å². The molecule has 0 amide bonds. The number of nitrogens with zero attached hydrogens (tertiary/aromatic N) is 4. The summed E-state index contributed by atoms with van der Waals surface area (Å²) in [5.41, 5.74) is 0.929. The Bertz CT molecular complexity index is 634. The smallest absolute Gasteiger partial charge is 0.227 e. The van der Waals surface area contributed by atoms with Crippen molar-refractivity contribution in [2.45, 2.75) is 51.0 Å². The number of ether oxygens (including phenoxy) is 1. The molecule has 0 N–H and O–H groups in total. The average Bonchev–Trinajstić information content (AvgIpc) is 3.19. The first-order valence-corrected chi connectivity index (χ1v) is 11.0. The summed E-state index contributed by atoms with van der Waals surface area (Å²) < 4.78 is 31.7. The number of imidazole rings is 1. The minimum absolute atomic E-state index is 0.0782. The third kappa shape index (κ3) is 5.77. The van der Waals surface area contributed by atoms with Crippen LogP contribution in [0.25, 0.3) is 0 Å². The van der Waals surface area contributed by atoms with Gasteiger partial charge in [0.1, 0.15) is 0 Å². The molecule has 0 spiro atoms. The van der Waals surface area contributed by atoms with E-state index in [4.69, 9.17) is 4.74 Å². The number of rotatable bonds is 10. The highest BCUT2D eigenvalue weighted by Gasteiger charge is 2.24. The van der Waals surface area contributed by atoms with E-state index in [9.17, 15) is 8.42 Å². The molecular weight excluding hydrogens is 340 g/mol. The Kier molecular flexibility index (Phi) is 7.42. The van der Waals surface area contributed by atoms with E-state index in [1.54, 1.807) is 6.20 Å². The molecule has 1 unspecified atom stereocenters. The van der Waals surface area contributed by atoms with E-state index in [0.29, 0.717) is 13.1 Å². The van der Waals surface area contributed by atoms with Crippen LogP contribution in [0.2, 0.25) is 0 Å². The van der Waals surface area contributed by atoms with E-state index in [1.165, 1.54) is 6.26 Å². The average molecular weight is 373 g/mol. The van der Waals surface area contributed by atoms with Gasteiger partial charge in [0.25, 0.3) is 0 Å². The number of likely N-dealkylation sites (N-methyl/N-ethyl adjacent to an activating group) is 2. The van der Waals surface area contributed by atoms with Crippen molar-refractivity contribution in [1.29, 1.82) is 0 Å². The van der Waals surface area contributed by atoms with Crippen LogP contribution < -0.4 is 0 Å². The van der Waals surface area contributed by atoms with Crippen molar-refractivity contribution < 1.29 is 13.2 Å². The van der Waals surface area contributed by atoms with Crippen molar-refractivity contribution in [2.75, 3.05) is 46.1 Å². The van der Waals surface area contributed by atoms with Crippen molar-refractivity contribution in [3.8, 4) is 0 Å². The fraction of sp³-hybridized carbons (Fsp3) is 0.824. The van der Waals surface area contributed by atoms with Gasteiger partial charge in [0, 0.05) is 32.5 Å². The third-order valence-electron chi connectivity index (χ3n) is 4.77. The first-order chi connectivity index (χ1) is 11.8. The second-order valence-electron chi connectivity index (χ2n) is 6.81. The lowest BCUT2D eigenvalue weighted by Gasteiger charge is -2.24. The fourth-order valence-corrected chi connectivity index (χ4v) is 4.05. The van der Waals surface area contributed by atoms with Gasteiger partial charge in [0.05, 0.1) is 24.5 Å². The highest BCUT2D eigenvalue weighted by atomic mass is 32.2. The van der Waals surface area contributed by atoms with E-state index in [2.05, 4.69) is 35.7 Å². The second kappa shape index (κ2) is 9.12. The first kappa shape index (κ1) is 20.4. The number of hydrogen-bond acceptors (Lipinski definition) is 6. The monoisotopic (exact) mass is 372 g/mol. The molecule has 0 aromatic carbocycles. The SMILES string of the molecule is CCN(CC)CCN(C)Cc1cnc(S(C)(=O)=O)n1CC1CCCO1. The van der Waals surface area contributed by atoms with Crippen LogP contribution in [0.4, 0.5) is 0 Å². The van der Waals surface area contributed by atoms with Gasteiger partial charge in [-0.2, -0.15) is 0 Å². The minimum Gasteiger partial charge on any atom is -0.376 e. The lowest BCUT2D eigenvalue weighted by atomic mass is 10.2. The molecule has 1 atom stereocenters. The standard InChI is InChI=1S/C17H32N4O3S/c1-5-20(6-2)10-9-19(3)13-15-12-18-17(25(4,22)23)21(15)14-16-8-7-11-24-16/h12,16H,5-11,13-14H2,1-4H3. The Labute approximate surface area is 151 Å². The predicted molar refractivity (Wildman–Crippen MR) is 98.4 cm³/mol. The molecule has 0 saturated carbocycles. The molecule has 1 saturated heterocycles. The van der Waals surface area contributed by atoms with Crippen molar-refractivity contribution in [2.24, 2.45) is 0 Å². The summed E-state index contributed by atoms with van der Waals surface area (Å²) in [6.45, 7) is 10.3. The van der Waals surface area contributed by atoms with E-state index in [-0.39, 0.29) is 11.3 Å². The normalized spacial score (nSPS) is 18.6. The van der Waals surface area contributed by atoms with Crippen molar-refractivity contribution in [3.63, 3.8) is 0 Å². The highest BCUT2D eigenvalue weighted by molar-refractivity contribution is 7.90. The van der Waals surface area contributed by atoms with Crippen molar-refractivity contribution in [1.82, 2.24) is 19.4 Å². The largest absolute Gasteiger partial charge is 0.376 e. The lowest BCUT2D eigenvalue weighted by Crippen LogP contribution is -2.33. The van der Waals surface area contributed by atoms with Crippen LogP contribution in [-0.4, -0.2) is 80.0 Å². The van der Waals surface area contributed by atoms with E-state index in [0.717, 1.165) is 51.3 Å². The van der Waals surface area contributed by atoms with Crippen LogP contribution in [0.5, 0.6) is 0 Å². The molecule has 2 heterocycles. The molecular formula is C17H32N4O3S. The Morgan fingerprint density at radius 3 is 2.60 bits per heavy atom. The zero-order valence-electron chi connectivity index (χ0n) is 15.9. The summed E-state index contributed by atoms with van der Waals surface area (Å²) in [6.07, 6.45) is 4.99. The summed E-state index contributed by atoms with van der Waals surface area (Å²) >= 11 is 0. The molecule has 8 heteroatoms. The van der Waals surface area contributed by atoms with Crippen LogP contribution in [0.3, 0.4) is 0 Å². The predicted octanol–water partition coefficient (Wildman–Crippen LogP) is 1.24. The molecule has 7 nitrogen and oxygen atoms in total. The molecule has 0 bridgehead atoms. The molecule has 0 radical (unpaired) electrons. The minimum atomic E-state index is -3.35. The molecule has 2 rings (SSSR count). The summed E-state index contributed by atoms with van der Waals surface area (Å²) in [5.74, 6) is 0. The quantitative estimate of drug-likeness (QED) is 0.616. The zero-order chi connectivity index (χ0) is 18.4.